The highest BCUT2D eigenvalue weighted by atomic mass is 35.5. The molecule has 0 amide bonds. The van der Waals surface area contributed by atoms with E-state index in [0.717, 1.165) is 23.8 Å². The minimum absolute atomic E-state index is 0. The Morgan fingerprint density at radius 3 is 2.53 bits per heavy atom. The van der Waals surface area contributed by atoms with E-state index in [1.54, 1.807) is 0 Å². The molecule has 15 heavy (non-hydrogen) atoms. The molecule has 0 aromatic heterocycles. The number of rotatable bonds is 4. The van der Waals surface area contributed by atoms with E-state index in [4.69, 9.17) is 11.6 Å². The Labute approximate surface area is 109 Å². The number of hydrogen-bond donors (Lipinski definition) is 1. The van der Waals surface area contributed by atoms with Crippen molar-refractivity contribution in [3.8, 4) is 0 Å². The molecule has 1 rings (SSSR count). The lowest BCUT2D eigenvalue weighted by atomic mass is 10.3. The summed E-state index contributed by atoms with van der Waals surface area (Å²) in [4.78, 5) is 2.17. The molecule has 1 N–H and O–H groups in total. The molecule has 1 aromatic carbocycles. The number of nitrogens with one attached hydrogen (secondary N) is 1. The maximum atomic E-state index is 5.88. The van der Waals surface area contributed by atoms with Crippen LogP contribution in [-0.4, -0.2) is 27.2 Å². The van der Waals surface area contributed by atoms with Gasteiger partial charge < -0.3 is 10.2 Å². The van der Waals surface area contributed by atoms with Gasteiger partial charge in [0.15, 0.2) is 0 Å². The standard InChI is InChI=1S/C10H15ClN2.2ClH/c1-12-6-7-13(2)10-5-3-4-9(11)8-10;;/h3-5,8,12H,6-7H2,1-2H3;2*1H. The lowest BCUT2D eigenvalue weighted by molar-refractivity contribution is 0.768. The molecule has 0 heterocycles. The van der Waals surface area contributed by atoms with Gasteiger partial charge in [0, 0.05) is 30.8 Å². The zero-order valence-corrected chi connectivity index (χ0v) is 11.3. The zero-order valence-electron chi connectivity index (χ0n) is 8.87. The molecule has 0 atom stereocenters. The number of likely N-dealkylation sites (N-methyl/N-ethyl adjacent to an activating group) is 2. The first kappa shape index (κ1) is 17.3. The van der Waals surface area contributed by atoms with Crippen LogP contribution in [0.1, 0.15) is 0 Å². The minimum atomic E-state index is 0. The predicted octanol–water partition coefficient (Wildman–Crippen LogP) is 2.84. The van der Waals surface area contributed by atoms with Crippen molar-refractivity contribution in [3.63, 3.8) is 0 Å². The maximum Gasteiger partial charge on any atom is 0.0426 e. The Morgan fingerprint density at radius 1 is 1.33 bits per heavy atom. The molecule has 0 aliphatic heterocycles. The molecule has 2 nitrogen and oxygen atoms in total. The second-order valence-electron chi connectivity index (χ2n) is 3.00. The summed E-state index contributed by atoms with van der Waals surface area (Å²) in [6, 6.07) is 7.88. The molecular weight excluding hydrogens is 254 g/mol. The van der Waals surface area contributed by atoms with Gasteiger partial charge in [0.1, 0.15) is 0 Å². The van der Waals surface area contributed by atoms with E-state index in [1.807, 2.05) is 25.2 Å². The monoisotopic (exact) mass is 270 g/mol. The van der Waals surface area contributed by atoms with Crippen LogP contribution in [-0.2, 0) is 0 Å². The van der Waals surface area contributed by atoms with Crippen LogP contribution < -0.4 is 10.2 Å². The summed E-state index contributed by atoms with van der Waals surface area (Å²) >= 11 is 5.88. The molecule has 0 radical (unpaired) electrons. The molecule has 0 spiro atoms. The highest BCUT2D eigenvalue weighted by molar-refractivity contribution is 6.30. The Bertz CT molecular complexity index is 269. The first-order chi connectivity index (χ1) is 6.24. The van der Waals surface area contributed by atoms with Crippen LogP contribution in [0.5, 0.6) is 0 Å². The number of benzene rings is 1. The largest absolute Gasteiger partial charge is 0.373 e. The predicted molar refractivity (Wildman–Crippen MR) is 73.1 cm³/mol. The molecular formula is C10H17Cl3N2. The summed E-state index contributed by atoms with van der Waals surface area (Å²) in [6.45, 7) is 1.96. The number of hydrogen-bond acceptors (Lipinski definition) is 2. The van der Waals surface area contributed by atoms with Crippen molar-refractivity contribution < 1.29 is 0 Å². The smallest absolute Gasteiger partial charge is 0.0426 e. The highest BCUT2D eigenvalue weighted by Crippen LogP contribution is 2.17. The van der Waals surface area contributed by atoms with E-state index in [9.17, 15) is 0 Å². The fraction of sp³-hybridized carbons (Fsp3) is 0.400. The molecule has 88 valence electrons. The summed E-state index contributed by atoms with van der Waals surface area (Å²) < 4.78 is 0. The van der Waals surface area contributed by atoms with Crippen LogP contribution >= 0.6 is 36.4 Å². The van der Waals surface area contributed by atoms with E-state index in [-0.39, 0.29) is 24.8 Å². The summed E-state index contributed by atoms with van der Waals surface area (Å²) in [5, 5.41) is 3.89. The fourth-order valence-electron chi connectivity index (χ4n) is 1.12. The van der Waals surface area contributed by atoms with E-state index < -0.39 is 0 Å². The van der Waals surface area contributed by atoms with Crippen molar-refractivity contribution in [2.24, 2.45) is 0 Å². The van der Waals surface area contributed by atoms with Gasteiger partial charge in [-0.1, -0.05) is 17.7 Å². The SMILES string of the molecule is CNCCN(C)c1cccc(Cl)c1.Cl.Cl. The highest BCUT2D eigenvalue weighted by Gasteiger charge is 1.99. The quantitative estimate of drug-likeness (QED) is 0.906. The van der Waals surface area contributed by atoms with Crippen LogP contribution in [0.2, 0.25) is 5.02 Å². The van der Waals surface area contributed by atoms with E-state index >= 15 is 0 Å². The molecule has 0 fully saturated rings. The van der Waals surface area contributed by atoms with Gasteiger partial charge in [0.05, 0.1) is 0 Å². The molecule has 0 saturated carbocycles. The molecule has 5 heteroatoms. The average Bonchev–Trinajstić information content (AvgIpc) is 2.14. The van der Waals surface area contributed by atoms with Gasteiger partial charge in [0.25, 0.3) is 0 Å². The number of anilines is 1. The van der Waals surface area contributed by atoms with Crippen LogP contribution in [0.4, 0.5) is 5.69 Å². The maximum absolute atomic E-state index is 5.88. The van der Waals surface area contributed by atoms with Crippen molar-refractivity contribution in [1.29, 1.82) is 0 Å². The molecule has 0 saturated heterocycles. The third kappa shape index (κ3) is 6.10. The van der Waals surface area contributed by atoms with Gasteiger partial charge >= 0.3 is 0 Å². The van der Waals surface area contributed by atoms with Crippen molar-refractivity contribution in [1.82, 2.24) is 5.32 Å². The fourth-order valence-corrected chi connectivity index (χ4v) is 1.31. The first-order valence-corrected chi connectivity index (χ1v) is 4.73. The Kier molecular flexibility index (Phi) is 10.5. The third-order valence-electron chi connectivity index (χ3n) is 1.95. The molecule has 0 aliphatic rings. The lowest BCUT2D eigenvalue weighted by Crippen LogP contribution is -2.26. The van der Waals surface area contributed by atoms with Crippen molar-refractivity contribution >= 4 is 42.1 Å². The first-order valence-electron chi connectivity index (χ1n) is 4.35. The summed E-state index contributed by atoms with van der Waals surface area (Å²) in [5.74, 6) is 0. The van der Waals surface area contributed by atoms with E-state index in [1.165, 1.54) is 0 Å². The van der Waals surface area contributed by atoms with Crippen LogP contribution in [0.3, 0.4) is 0 Å². The minimum Gasteiger partial charge on any atom is -0.373 e. The van der Waals surface area contributed by atoms with Gasteiger partial charge in [-0.2, -0.15) is 0 Å². The van der Waals surface area contributed by atoms with Crippen molar-refractivity contribution in [2.75, 3.05) is 32.1 Å². The van der Waals surface area contributed by atoms with Crippen molar-refractivity contribution in [2.45, 2.75) is 0 Å². The van der Waals surface area contributed by atoms with Crippen LogP contribution in [0.25, 0.3) is 0 Å². The molecule has 0 bridgehead atoms. The second-order valence-corrected chi connectivity index (χ2v) is 3.44. The van der Waals surface area contributed by atoms with E-state index in [2.05, 4.69) is 23.3 Å². The van der Waals surface area contributed by atoms with Gasteiger partial charge in [-0.15, -0.1) is 24.8 Å². The number of halogens is 3. The number of nitrogens with zero attached hydrogens (tertiary/aromatic N) is 1. The molecule has 0 unspecified atom stereocenters. The summed E-state index contributed by atoms with van der Waals surface area (Å²) in [6.07, 6.45) is 0. The average molecular weight is 272 g/mol. The van der Waals surface area contributed by atoms with Gasteiger partial charge in [-0.25, -0.2) is 0 Å². The normalized spacial score (nSPS) is 8.73. The van der Waals surface area contributed by atoms with Crippen molar-refractivity contribution in [3.05, 3.63) is 29.3 Å². The van der Waals surface area contributed by atoms with Crippen LogP contribution in [0.15, 0.2) is 24.3 Å². The topological polar surface area (TPSA) is 15.3 Å². The van der Waals surface area contributed by atoms with Gasteiger partial charge in [-0.3, -0.25) is 0 Å². The zero-order chi connectivity index (χ0) is 9.68. The lowest BCUT2D eigenvalue weighted by Gasteiger charge is -2.18. The Balaban J connectivity index is 0. The molecule has 0 aliphatic carbocycles. The summed E-state index contributed by atoms with van der Waals surface area (Å²) in [7, 11) is 4.01. The summed E-state index contributed by atoms with van der Waals surface area (Å²) in [5.41, 5.74) is 1.16. The van der Waals surface area contributed by atoms with Crippen LogP contribution in [0, 0.1) is 0 Å². The Hall–Kier alpha value is -0.150. The van der Waals surface area contributed by atoms with E-state index in [0.29, 0.717) is 0 Å². The Morgan fingerprint density at radius 2 is 2.00 bits per heavy atom. The van der Waals surface area contributed by atoms with Gasteiger partial charge in [0.2, 0.25) is 0 Å². The second kappa shape index (κ2) is 9.10. The van der Waals surface area contributed by atoms with Gasteiger partial charge in [-0.05, 0) is 25.2 Å². The molecule has 1 aromatic rings. The third-order valence-corrected chi connectivity index (χ3v) is 2.18.